The van der Waals surface area contributed by atoms with Crippen molar-refractivity contribution in [2.24, 2.45) is 5.92 Å². The second-order valence-electron chi connectivity index (χ2n) is 4.60. The first-order valence-electron chi connectivity index (χ1n) is 5.90. The van der Waals surface area contributed by atoms with Crippen molar-refractivity contribution in [2.75, 3.05) is 6.54 Å². The lowest BCUT2D eigenvalue weighted by molar-refractivity contribution is -0.127. The van der Waals surface area contributed by atoms with Crippen molar-refractivity contribution in [3.05, 3.63) is 28.2 Å². The molecule has 3 nitrogen and oxygen atoms in total. The number of ether oxygens (including phenoxy) is 1. The van der Waals surface area contributed by atoms with Gasteiger partial charge in [0.15, 0.2) is 17.7 Å². The number of carbonyl (C=O) groups is 1. The van der Waals surface area contributed by atoms with Gasteiger partial charge in [-0.3, -0.25) is 4.79 Å². The molecule has 1 unspecified atom stereocenters. The average molecular weight is 336 g/mol. The van der Waals surface area contributed by atoms with E-state index in [4.69, 9.17) is 4.74 Å². The van der Waals surface area contributed by atoms with Gasteiger partial charge in [-0.15, -0.1) is 0 Å². The molecule has 0 bridgehead atoms. The van der Waals surface area contributed by atoms with Crippen molar-refractivity contribution in [3.8, 4) is 5.75 Å². The maximum absolute atomic E-state index is 13.5. The van der Waals surface area contributed by atoms with Gasteiger partial charge in [-0.1, -0.05) is 29.8 Å². The fourth-order valence-corrected chi connectivity index (χ4v) is 1.72. The number of halogens is 3. The Morgan fingerprint density at radius 3 is 2.58 bits per heavy atom. The Morgan fingerprint density at radius 2 is 2.00 bits per heavy atom. The lowest BCUT2D eigenvalue weighted by atomic mass is 10.2. The van der Waals surface area contributed by atoms with Crippen LogP contribution in [0.1, 0.15) is 20.8 Å². The molecule has 0 aliphatic carbocycles. The van der Waals surface area contributed by atoms with E-state index in [-0.39, 0.29) is 11.7 Å². The molecule has 0 heterocycles. The number of benzene rings is 1. The van der Waals surface area contributed by atoms with Crippen LogP contribution in [0, 0.1) is 17.6 Å². The minimum Gasteiger partial charge on any atom is -0.478 e. The molecule has 0 aliphatic heterocycles. The molecule has 0 fully saturated rings. The highest BCUT2D eigenvalue weighted by Gasteiger charge is 2.19. The first-order valence-corrected chi connectivity index (χ1v) is 6.69. The lowest BCUT2D eigenvalue weighted by Crippen LogP contribution is -2.38. The smallest absolute Gasteiger partial charge is 0.260 e. The molecule has 0 spiro atoms. The van der Waals surface area contributed by atoms with Crippen LogP contribution >= 0.6 is 15.9 Å². The highest BCUT2D eigenvalue weighted by molar-refractivity contribution is 9.10. The number of hydrogen-bond donors (Lipinski definition) is 1. The van der Waals surface area contributed by atoms with Crippen LogP contribution in [0.4, 0.5) is 8.78 Å². The molecule has 106 valence electrons. The summed E-state index contributed by atoms with van der Waals surface area (Å²) in [5.41, 5.74) is 0. The molecule has 6 heteroatoms. The zero-order valence-electron chi connectivity index (χ0n) is 11.0. The van der Waals surface area contributed by atoms with Gasteiger partial charge in [-0.2, -0.15) is 4.39 Å². The van der Waals surface area contributed by atoms with Crippen LogP contribution in [0.15, 0.2) is 16.6 Å². The fraction of sp³-hybridized carbons (Fsp3) is 0.462. The largest absolute Gasteiger partial charge is 0.478 e. The summed E-state index contributed by atoms with van der Waals surface area (Å²) in [6.07, 6.45) is -0.901. The van der Waals surface area contributed by atoms with Crippen molar-refractivity contribution < 1.29 is 18.3 Å². The molecule has 0 saturated carbocycles. The van der Waals surface area contributed by atoms with Gasteiger partial charge >= 0.3 is 0 Å². The van der Waals surface area contributed by atoms with Crippen molar-refractivity contribution in [2.45, 2.75) is 26.9 Å². The molecular weight excluding hydrogens is 320 g/mol. The third-order valence-corrected chi connectivity index (χ3v) is 2.77. The number of carbonyl (C=O) groups excluding carboxylic acids is 1. The molecule has 0 aromatic heterocycles. The summed E-state index contributed by atoms with van der Waals surface area (Å²) >= 11 is 3.04. The number of rotatable bonds is 5. The highest BCUT2D eigenvalue weighted by Crippen LogP contribution is 2.26. The van der Waals surface area contributed by atoms with E-state index in [0.29, 0.717) is 16.9 Å². The Hall–Kier alpha value is -1.17. The highest BCUT2D eigenvalue weighted by atomic mass is 79.9. The molecule has 0 aliphatic rings. The van der Waals surface area contributed by atoms with Crippen LogP contribution < -0.4 is 10.1 Å². The van der Waals surface area contributed by atoms with E-state index in [0.717, 1.165) is 6.07 Å². The van der Waals surface area contributed by atoms with Crippen LogP contribution in [0.25, 0.3) is 0 Å². The topological polar surface area (TPSA) is 38.3 Å². The standard InChI is InChI=1S/C13H16BrF2NO2/c1-7(2)6-17-13(18)8(3)19-11-5-9(14)4-10(15)12(11)16/h4-5,7-8H,6H2,1-3H3,(H,17,18). The van der Waals surface area contributed by atoms with Gasteiger partial charge in [0.2, 0.25) is 5.82 Å². The minimum atomic E-state index is -1.10. The van der Waals surface area contributed by atoms with Crippen molar-refractivity contribution in [1.82, 2.24) is 5.32 Å². The molecular formula is C13H16BrF2NO2. The van der Waals surface area contributed by atoms with Crippen molar-refractivity contribution in [3.63, 3.8) is 0 Å². The SMILES string of the molecule is CC(C)CNC(=O)C(C)Oc1cc(Br)cc(F)c1F. The number of hydrogen-bond acceptors (Lipinski definition) is 2. The van der Waals surface area contributed by atoms with E-state index in [2.05, 4.69) is 21.2 Å². The quantitative estimate of drug-likeness (QED) is 0.838. The van der Waals surface area contributed by atoms with Crippen molar-refractivity contribution in [1.29, 1.82) is 0 Å². The predicted molar refractivity (Wildman–Crippen MR) is 72.0 cm³/mol. The second kappa shape index (κ2) is 6.84. The molecule has 1 aromatic rings. The van der Waals surface area contributed by atoms with Gasteiger partial charge in [0.1, 0.15) is 0 Å². The molecule has 1 N–H and O–H groups in total. The van der Waals surface area contributed by atoms with E-state index in [1.54, 1.807) is 0 Å². The van der Waals surface area contributed by atoms with Crippen molar-refractivity contribution >= 4 is 21.8 Å². The molecule has 0 saturated heterocycles. The van der Waals surface area contributed by atoms with Gasteiger partial charge < -0.3 is 10.1 Å². The summed E-state index contributed by atoms with van der Waals surface area (Å²) in [7, 11) is 0. The maximum atomic E-state index is 13.5. The monoisotopic (exact) mass is 335 g/mol. The van der Waals surface area contributed by atoms with E-state index in [1.165, 1.54) is 13.0 Å². The first kappa shape index (κ1) is 15.9. The molecule has 1 rings (SSSR count). The second-order valence-corrected chi connectivity index (χ2v) is 5.51. The summed E-state index contributed by atoms with van der Waals surface area (Å²) in [6, 6.07) is 2.27. The summed E-state index contributed by atoms with van der Waals surface area (Å²) in [6.45, 7) is 5.89. The Balaban J connectivity index is 2.71. The van der Waals surface area contributed by atoms with Gasteiger partial charge in [0.05, 0.1) is 0 Å². The summed E-state index contributed by atoms with van der Waals surface area (Å²) in [4.78, 5) is 11.7. The Kier molecular flexibility index (Phi) is 5.72. The lowest BCUT2D eigenvalue weighted by Gasteiger charge is -2.16. The normalized spacial score (nSPS) is 12.4. The number of nitrogens with one attached hydrogen (secondary N) is 1. The van der Waals surface area contributed by atoms with Gasteiger partial charge in [-0.25, -0.2) is 4.39 Å². The van der Waals surface area contributed by atoms with Crippen LogP contribution in [-0.2, 0) is 4.79 Å². The zero-order chi connectivity index (χ0) is 14.6. The van der Waals surface area contributed by atoms with E-state index in [9.17, 15) is 13.6 Å². The van der Waals surface area contributed by atoms with Crippen LogP contribution in [0.5, 0.6) is 5.75 Å². The maximum Gasteiger partial charge on any atom is 0.260 e. The average Bonchev–Trinajstić information content (AvgIpc) is 2.32. The molecule has 1 amide bonds. The fourth-order valence-electron chi connectivity index (χ4n) is 1.31. The van der Waals surface area contributed by atoms with E-state index < -0.39 is 17.7 Å². The first-order chi connectivity index (χ1) is 8.81. The molecule has 1 aromatic carbocycles. The Morgan fingerprint density at radius 1 is 1.37 bits per heavy atom. The third-order valence-electron chi connectivity index (χ3n) is 2.32. The Labute approximate surface area is 119 Å². The van der Waals surface area contributed by atoms with Crippen LogP contribution in [0.3, 0.4) is 0 Å². The molecule has 19 heavy (non-hydrogen) atoms. The summed E-state index contributed by atoms with van der Waals surface area (Å²) < 4.78 is 32.1. The Bertz CT molecular complexity index is 466. The minimum absolute atomic E-state index is 0.293. The number of amides is 1. The van der Waals surface area contributed by atoms with E-state index in [1.807, 2.05) is 13.8 Å². The van der Waals surface area contributed by atoms with Gasteiger partial charge in [0.25, 0.3) is 5.91 Å². The van der Waals surface area contributed by atoms with Gasteiger partial charge in [-0.05, 0) is 25.0 Å². The van der Waals surface area contributed by atoms with Gasteiger partial charge in [0, 0.05) is 11.0 Å². The molecule has 0 radical (unpaired) electrons. The molecule has 1 atom stereocenters. The third kappa shape index (κ3) is 4.78. The zero-order valence-corrected chi connectivity index (χ0v) is 12.6. The predicted octanol–water partition coefficient (Wildman–Crippen LogP) is 3.27. The van der Waals surface area contributed by atoms with E-state index >= 15 is 0 Å². The summed E-state index contributed by atoms with van der Waals surface area (Å²) in [5.74, 6) is -2.49. The van der Waals surface area contributed by atoms with Crippen LogP contribution in [0.2, 0.25) is 0 Å². The van der Waals surface area contributed by atoms with Crippen LogP contribution in [-0.4, -0.2) is 18.6 Å². The summed E-state index contributed by atoms with van der Waals surface area (Å²) in [5, 5.41) is 2.66.